The maximum atomic E-state index is 12.3. The summed E-state index contributed by atoms with van der Waals surface area (Å²) in [5.74, 6) is 1.19. The Morgan fingerprint density at radius 2 is 1.61 bits per heavy atom. The van der Waals surface area contributed by atoms with Crippen molar-refractivity contribution in [2.75, 3.05) is 14.1 Å². The Labute approximate surface area is 212 Å². The van der Waals surface area contributed by atoms with E-state index in [2.05, 4.69) is 29.3 Å². The molecule has 1 aromatic carbocycles. The molecule has 0 spiro atoms. The maximum Gasteiger partial charge on any atom is 0.303 e. The molecular weight excluding hydrogens is 450 g/mol. The number of allylic oxidation sites excluding steroid dienone is 8. The lowest BCUT2D eigenvalue weighted by molar-refractivity contribution is -0.138. The van der Waals surface area contributed by atoms with Crippen LogP contribution in [0.1, 0.15) is 74.0 Å². The molecule has 3 aliphatic rings. The predicted molar refractivity (Wildman–Crippen MR) is 143 cm³/mol. The first kappa shape index (κ1) is 24.3. The molecule has 1 heterocycles. The van der Waals surface area contributed by atoms with Gasteiger partial charge in [0.2, 0.25) is 0 Å². The van der Waals surface area contributed by atoms with Gasteiger partial charge in [0.1, 0.15) is 5.82 Å². The second-order valence-electron chi connectivity index (χ2n) is 10.6. The van der Waals surface area contributed by atoms with Crippen LogP contribution in [0.5, 0.6) is 0 Å². The van der Waals surface area contributed by atoms with Crippen molar-refractivity contribution in [2.24, 2.45) is 11.8 Å². The van der Waals surface area contributed by atoms with Gasteiger partial charge in [-0.3, -0.25) is 9.59 Å². The van der Waals surface area contributed by atoms with Gasteiger partial charge in [0.15, 0.2) is 0 Å². The number of hydrogen-bond donors (Lipinski definition) is 2. The number of carboxylic acid groups (broad SMARTS) is 1. The molecule has 2 aromatic rings. The summed E-state index contributed by atoms with van der Waals surface area (Å²) in [6.07, 6.45) is 17.9. The first-order chi connectivity index (χ1) is 17.4. The molecule has 0 aliphatic heterocycles. The molecule has 3 aliphatic carbocycles. The molecule has 2 N–H and O–H groups in total. The number of imidazole rings is 1. The third kappa shape index (κ3) is 5.23. The van der Waals surface area contributed by atoms with Crippen LogP contribution < -0.4 is 0 Å². The number of benzene rings is 1. The Hall–Kier alpha value is -3.41. The van der Waals surface area contributed by atoms with Gasteiger partial charge in [-0.25, -0.2) is 4.98 Å². The van der Waals surface area contributed by atoms with Gasteiger partial charge in [-0.05, 0) is 98.1 Å². The first-order valence-corrected chi connectivity index (χ1v) is 13.1. The van der Waals surface area contributed by atoms with Crippen molar-refractivity contribution in [3.05, 3.63) is 70.6 Å². The fourth-order valence-electron chi connectivity index (χ4n) is 5.90. The number of aromatic nitrogens is 2. The van der Waals surface area contributed by atoms with Crippen LogP contribution in [-0.2, 0) is 4.79 Å². The molecule has 0 radical (unpaired) electrons. The number of aromatic amines is 1. The molecule has 1 fully saturated rings. The van der Waals surface area contributed by atoms with Crippen molar-refractivity contribution in [1.29, 1.82) is 0 Å². The highest BCUT2D eigenvalue weighted by atomic mass is 16.4. The van der Waals surface area contributed by atoms with Crippen molar-refractivity contribution in [1.82, 2.24) is 14.9 Å². The SMILES string of the molecule is CN(C)C(=O)c1ccc2[nH]c(C3=CC=C(C4=CC=C(C5CCC(CC(=O)O)CC5)CC4)CC3)nc2c1. The molecule has 1 aromatic heterocycles. The fraction of sp³-hybridized carbons (Fsp3) is 0.433. The molecule has 5 rings (SSSR count). The number of nitrogens with one attached hydrogen (secondary N) is 1. The van der Waals surface area contributed by atoms with Gasteiger partial charge < -0.3 is 15.0 Å². The van der Waals surface area contributed by atoms with Crippen LogP contribution in [0.3, 0.4) is 0 Å². The number of rotatable bonds is 6. The van der Waals surface area contributed by atoms with Crippen LogP contribution in [0.2, 0.25) is 0 Å². The van der Waals surface area contributed by atoms with Crippen molar-refractivity contribution in [2.45, 2.75) is 57.8 Å². The van der Waals surface area contributed by atoms with E-state index in [9.17, 15) is 9.59 Å². The van der Waals surface area contributed by atoms with Gasteiger partial charge >= 0.3 is 5.97 Å². The molecule has 0 bridgehead atoms. The molecule has 188 valence electrons. The van der Waals surface area contributed by atoms with E-state index in [-0.39, 0.29) is 5.91 Å². The predicted octanol–water partition coefficient (Wildman–Crippen LogP) is 6.30. The van der Waals surface area contributed by atoms with Crippen molar-refractivity contribution < 1.29 is 14.7 Å². The summed E-state index contributed by atoms with van der Waals surface area (Å²) in [4.78, 5) is 33.0. The minimum absolute atomic E-state index is 0.0188. The number of fused-ring (bicyclic) bond motifs is 1. The Morgan fingerprint density at radius 3 is 2.22 bits per heavy atom. The van der Waals surface area contributed by atoms with Gasteiger partial charge in [-0.2, -0.15) is 0 Å². The molecule has 6 heteroatoms. The van der Waals surface area contributed by atoms with E-state index in [1.807, 2.05) is 18.2 Å². The van der Waals surface area contributed by atoms with E-state index in [1.54, 1.807) is 24.6 Å². The van der Waals surface area contributed by atoms with Gasteiger partial charge in [-0.15, -0.1) is 0 Å². The van der Waals surface area contributed by atoms with E-state index in [0.29, 0.717) is 23.8 Å². The quantitative estimate of drug-likeness (QED) is 0.503. The Kier molecular flexibility index (Phi) is 6.95. The van der Waals surface area contributed by atoms with Gasteiger partial charge in [-0.1, -0.05) is 29.9 Å². The molecular formula is C30H35N3O3. The largest absolute Gasteiger partial charge is 0.481 e. The molecule has 6 nitrogen and oxygen atoms in total. The van der Waals surface area contributed by atoms with Gasteiger partial charge in [0.25, 0.3) is 5.91 Å². The standard InChI is InChI=1S/C30H35N3O3/c1-33(2)30(36)25-15-16-26-27(18-25)32-29(31-26)24-13-11-23(12-14-24)22-9-7-21(8-10-22)20-5-3-19(4-6-20)17-28(34)35/h7,9,11,13,15-16,18-20H,3-6,8,10,12,14,17H2,1-2H3,(H,31,32)(H,34,35). The summed E-state index contributed by atoms with van der Waals surface area (Å²) >= 11 is 0. The number of carbonyl (C=O) groups is 2. The number of nitrogens with zero attached hydrogens (tertiary/aromatic N) is 2. The summed E-state index contributed by atoms with van der Waals surface area (Å²) in [6, 6.07) is 5.64. The third-order valence-electron chi connectivity index (χ3n) is 8.02. The molecule has 1 saturated carbocycles. The zero-order valence-corrected chi connectivity index (χ0v) is 21.2. The molecule has 36 heavy (non-hydrogen) atoms. The molecule has 0 saturated heterocycles. The third-order valence-corrected chi connectivity index (χ3v) is 8.02. The summed E-state index contributed by atoms with van der Waals surface area (Å²) in [5, 5.41) is 9.05. The van der Waals surface area contributed by atoms with E-state index < -0.39 is 5.97 Å². The van der Waals surface area contributed by atoms with Crippen LogP contribution in [0.15, 0.2) is 59.2 Å². The lowest BCUT2D eigenvalue weighted by atomic mass is 9.74. The minimum Gasteiger partial charge on any atom is -0.481 e. The Balaban J connectivity index is 1.25. The molecule has 0 unspecified atom stereocenters. The number of carbonyl (C=O) groups excluding carboxylic acids is 1. The highest BCUT2D eigenvalue weighted by Crippen LogP contribution is 2.40. The number of aliphatic carboxylic acids is 1. The van der Waals surface area contributed by atoms with E-state index in [4.69, 9.17) is 10.1 Å². The van der Waals surface area contributed by atoms with Crippen molar-refractivity contribution in [3.8, 4) is 0 Å². The second-order valence-corrected chi connectivity index (χ2v) is 10.6. The maximum absolute atomic E-state index is 12.3. The van der Waals surface area contributed by atoms with Crippen molar-refractivity contribution >= 4 is 28.5 Å². The van der Waals surface area contributed by atoms with Gasteiger partial charge in [0, 0.05) is 26.1 Å². The van der Waals surface area contributed by atoms with E-state index in [0.717, 1.165) is 68.2 Å². The van der Waals surface area contributed by atoms with Crippen LogP contribution >= 0.6 is 0 Å². The van der Waals surface area contributed by atoms with Crippen LogP contribution in [0.4, 0.5) is 0 Å². The summed E-state index contributed by atoms with van der Waals surface area (Å²) in [7, 11) is 3.51. The lowest BCUT2D eigenvalue weighted by Crippen LogP contribution is -2.21. The monoisotopic (exact) mass is 485 g/mol. The van der Waals surface area contributed by atoms with Crippen LogP contribution in [0, 0.1) is 11.8 Å². The number of H-pyrrole nitrogens is 1. The second kappa shape index (κ2) is 10.3. The average Bonchev–Trinajstić information content (AvgIpc) is 3.32. The molecule has 0 atom stereocenters. The topological polar surface area (TPSA) is 86.3 Å². The van der Waals surface area contributed by atoms with Crippen molar-refractivity contribution in [3.63, 3.8) is 0 Å². The lowest BCUT2D eigenvalue weighted by Gasteiger charge is -2.31. The number of amides is 1. The Bertz CT molecular complexity index is 1300. The van der Waals surface area contributed by atoms with E-state index in [1.165, 1.54) is 16.7 Å². The highest BCUT2D eigenvalue weighted by Gasteiger charge is 2.26. The molecule has 1 amide bonds. The summed E-state index contributed by atoms with van der Waals surface area (Å²) in [6.45, 7) is 0. The summed E-state index contributed by atoms with van der Waals surface area (Å²) in [5.41, 5.74) is 8.00. The summed E-state index contributed by atoms with van der Waals surface area (Å²) < 4.78 is 0. The normalized spacial score (nSPS) is 22.4. The number of hydrogen-bond acceptors (Lipinski definition) is 3. The number of carboxylic acids is 1. The Morgan fingerprint density at radius 1 is 0.944 bits per heavy atom. The fourth-order valence-corrected chi connectivity index (χ4v) is 5.90. The first-order valence-electron chi connectivity index (χ1n) is 13.1. The van der Waals surface area contributed by atoms with Crippen LogP contribution in [-0.4, -0.2) is 45.9 Å². The smallest absolute Gasteiger partial charge is 0.303 e. The van der Waals surface area contributed by atoms with Gasteiger partial charge in [0.05, 0.1) is 11.0 Å². The minimum atomic E-state index is -0.660. The van der Waals surface area contributed by atoms with E-state index >= 15 is 0 Å². The average molecular weight is 486 g/mol. The van der Waals surface area contributed by atoms with Crippen LogP contribution in [0.25, 0.3) is 16.6 Å². The zero-order valence-electron chi connectivity index (χ0n) is 21.2. The highest BCUT2D eigenvalue weighted by molar-refractivity contribution is 5.97. The zero-order chi connectivity index (χ0) is 25.2.